The van der Waals surface area contributed by atoms with E-state index in [1.54, 1.807) is 22.6 Å². The van der Waals surface area contributed by atoms with Crippen LogP contribution in [0, 0.1) is 0 Å². The third kappa shape index (κ3) is 3.75. The lowest BCUT2D eigenvalue weighted by atomic mass is 10.3. The van der Waals surface area contributed by atoms with E-state index in [0.29, 0.717) is 5.75 Å². The summed E-state index contributed by atoms with van der Waals surface area (Å²) in [5.41, 5.74) is 0.823. The predicted molar refractivity (Wildman–Crippen MR) is 82.7 cm³/mol. The van der Waals surface area contributed by atoms with Crippen molar-refractivity contribution < 1.29 is 5.11 Å². The number of halogens is 2. The van der Waals surface area contributed by atoms with Gasteiger partial charge >= 0.3 is 0 Å². The highest BCUT2D eigenvalue weighted by Crippen LogP contribution is 2.29. The summed E-state index contributed by atoms with van der Waals surface area (Å²) < 4.78 is 2.65. The summed E-state index contributed by atoms with van der Waals surface area (Å²) in [6.45, 7) is 2.74. The van der Waals surface area contributed by atoms with Crippen molar-refractivity contribution in [1.82, 2.24) is 9.78 Å². The standard InChI is InChI=1S/C13H14BrClN2OS/c1-2-17-13(11(14)7-16-17)12(18)8-19-10-5-3-9(15)4-6-10/h3-7,12,18H,2,8H2,1H3. The summed E-state index contributed by atoms with van der Waals surface area (Å²) in [4.78, 5) is 1.09. The molecule has 19 heavy (non-hydrogen) atoms. The maximum absolute atomic E-state index is 10.3. The van der Waals surface area contributed by atoms with Crippen molar-refractivity contribution in [1.29, 1.82) is 0 Å². The van der Waals surface area contributed by atoms with Crippen LogP contribution in [0.2, 0.25) is 5.02 Å². The molecule has 3 nitrogen and oxygen atoms in total. The molecule has 6 heteroatoms. The maximum Gasteiger partial charge on any atom is 0.106 e. The average molecular weight is 362 g/mol. The number of hydrogen-bond acceptors (Lipinski definition) is 3. The van der Waals surface area contributed by atoms with E-state index in [9.17, 15) is 5.11 Å². The van der Waals surface area contributed by atoms with Gasteiger partial charge in [0.05, 0.1) is 16.4 Å². The van der Waals surface area contributed by atoms with Gasteiger partial charge in [-0.3, -0.25) is 4.68 Å². The topological polar surface area (TPSA) is 38.0 Å². The van der Waals surface area contributed by atoms with Crippen LogP contribution in [-0.2, 0) is 6.54 Å². The van der Waals surface area contributed by atoms with Crippen LogP contribution in [0.25, 0.3) is 0 Å². The molecule has 1 N–H and O–H groups in total. The van der Waals surface area contributed by atoms with Crippen molar-refractivity contribution in [2.45, 2.75) is 24.5 Å². The Morgan fingerprint density at radius 1 is 1.42 bits per heavy atom. The largest absolute Gasteiger partial charge is 0.386 e. The Morgan fingerprint density at radius 2 is 2.11 bits per heavy atom. The van der Waals surface area contributed by atoms with Gasteiger partial charge in [-0.25, -0.2) is 0 Å². The van der Waals surface area contributed by atoms with E-state index in [2.05, 4.69) is 21.0 Å². The molecule has 0 aliphatic heterocycles. The molecular formula is C13H14BrClN2OS. The van der Waals surface area contributed by atoms with Crippen molar-refractivity contribution in [2.75, 3.05) is 5.75 Å². The van der Waals surface area contributed by atoms with Gasteiger partial charge in [-0.1, -0.05) is 11.6 Å². The molecule has 2 rings (SSSR count). The Hall–Kier alpha value is -0.490. The second kappa shape index (κ2) is 6.79. The lowest BCUT2D eigenvalue weighted by Crippen LogP contribution is -2.10. The molecule has 1 unspecified atom stereocenters. The molecule has 0 aliphatic carbocycles. The van der Waals surface area contributed by atoms with Crippen molar-refractivity contribution >= 4 is 39.3 Å². The fourth-order valence-corrected chi connectivity index (χ4v) is 3.26. The molecular weight excluding hydrogens is 348 g/mol. The van der Waals surface area contributed by atoms with E-state index in [-0.39, 0.29) is 0 Å². The van der Waals surface area contributed by atoms with Crippen molar-refractivity contribution in [2.24, 2.45) is 0 Å². The third-order valence-electron chi connectivity index (χ3n) is 2.67. The second-order valence-corrected chi connectivity index (χ2v) is 6.36. The van der Waals surface area contributed by atoms with E-state index >= 15 is 0 Å². The van der Waals surface area contributed by atoms with Crippen LogP contribution in [0.5, 0.6) is 0 Å². The Labute approximate surface area is 130 Å². The lowest BCUT2D eigenvalue weighted by molar-refractivity contribution is 0.191. The summed E-state index contributed by atoms with van der Waals surface area (Å²) in [6, 6.07) is 7.60. The number of nitrogens with zero attached hydrogens (tertiary/aromatic N) is 2. The molecule has 0 bridgehead atoms. The van der Waals surface area contributed by atoms with Crippen LogP contribution in [0.15, 0.2) is 39.8 Å². The maximum atomic E-state index is 10.3. The Bertz CT molecular complexity index is 544. The number of hydrogen-bond donors (Lipinski definition) is 1. The fourth-order valence-electron chi connectivity index (χ4n) is 1.74. The van der Waals surface area contributed by atoms with E-state index < -0.39 is 6.10 Å². The summed E-state index contributed by atoms with van der Waals surface area (Å²) >= 11 is 10.9. The van der Waals surface area contributed by atoms with Crippen LogP contribution < -0.4 is 0 Å². The number of aliphatic hydroxyl groups is 1. The van der Waals surface area contributed by atoms with Gasteiger partial charge in [0, 0.05) is 22.2 Å². The van der Waals surface area contributed by atoms with Gasteiger partial charge in [-0.2, -0.15) is 5.10 Å². The highest BCUT2D eigenvalue weighted by Gasteiger charge is 2.17. The summed E-state index contributed by atoms with van der Waals surface area (Å²) in [7, 11) is 0. The summed E-state index contributed by atoms with van der Waals surface area (Å²) in [5.74, 6) is 0.575. The average Bonchev–Trinajstić information content (AvgIpc) is 2.79. The first-order chi connectivity index (χ1) is 9.11. The molecule has 0 saturated heterocycles. The van der Waals surface area contributed by atoms with Gasteiger partial charge in [-0.05, 0) is 47.1 Å². The molecule has 0 aliphatic rings. The molecule has 1 aromatic carbocycles. The van der Waals surface area contributed by atoms with Crippen molar-refractivity contribution in [3.63, 3.8) is 0 Å². The van der Waals surface area contributed by atoms with E-state index in [0.717, 1.165) is 26.6 Å². The number of aryl methyl sites for hydroxylation is 1. The minimum Gasteiger partial charge on any atom is -0.386 e. The van der Waals surface area contributed by atoms with Gasteiger partial charge in [0.2, 0.25) is 0 Å². The van der Waals surface area contributed by atoms with Crippen LogP contribution >= 0.6 is 39.3 Å². The highest BCUT2D eigenvalue weighted by atomic mass is 79.9. The molecule has 0 saturated carbocycles. The monoisotopic (exact) mass is 360 g/mol. The molecule has 102 valence electrons. The first-order valence-electron chi connectivity index (χ1n) is 5.89. The molecule has 0 fully saturated rings. The molecule has 1 heterocycles. The summed E-state index contributed by atoms with van der Waals surface area (Å²) in [6.07, 6.45) is 1.16. The highest BCUT2D eigenvalue weighted by molar-refractivity contribution is 9.10. The Morgan fingerprint density at radius 3 is 2.74 bits per heavy atom. The van der Waals surface area contributed by atoms with Crippen LogP contribution in [-0.4, -0.2) is 20.6 Å². The van der Waals surface area contributed by atoms with Crippen molar-refractivity contribution in [3.05, 3.63) is 45.7 Å². The molecule has 0 amide bonds. The van der Waals surface area contributed by atoms with Gasteiger partial charge in [0.1, 0.15) is 6.10 Å². The quantitative estimate of drug-likeness (QED) is 0.813. The first-order valence-corrected chi connectivity index (χ1v) is 8.05. The molecule has 0 spiro atoms. The van der Waals surface area contributed by atoms with E-state index in [1.165, 1.54) is 0 Å². The Kier molecular flexibility index (Phi) is 5.33. The third-order valence-corrected chi connectivity index (χ3v) is 4.62. The van der Waals surface area contributed by atoms with Gasteiger partial charge in [0.15, 0.2) is 0 Å². The van der Waals surface area contributed by atoms with E-state index in [4.69, 9.17) is 11.6 Å². The minimum atomic E-state index is -0.558. The summed E-state index contributed by atoms with van der Waals surface area (Å²) in [5, 5.41) is 15.2. The first kappa shape index (κ1) is 14.9. The number of aromatic nitrogens is 2. The SMILES string of the molecule is CCn1ncc(Br)c1C(O)CSc1ccc(Cl)cc1. The van der Waals surface area contributed by atoms with Crippen molar-refractivity contribution in [3.8, 4) is 0 Å². The predicted octanol–water partition coefficient (Wildman–Crippen LogP) is 4.14. The number of benzene rings is 1. The van der Waals surface area contributed by atoms with Gasteiger partial charge < -0.3 is 5.11 Å². The van der Waals surface area contributed by atoms with Gasteiger partial charge in [0.25, 0.3) is 0 Å². The molecule has 1 atom stereocenters. The minimum absolute atomic E-state index is 0.558. The smallest absolute Gasteiger partial charge is 0.106 e. The zero-order valence-corrected chi connectivity index (χ0v) is 13.5. The van der Waals surface area contributed by atoms with Crippen LogP contribution in [0.1, 0.15) is 18.7 Å². The molecule has 1 aromatic heterocycles. The number of aliphatic hydroxyl groups excluding tert-OH is 1. The van der Waals surface area contributed by atoms with Gasteiger partial charge in [-0.15, -0.1) is 11.8 Å². The zero-order chi connectivity index (χ0) is 13.8. The van der Waals surface area contributed by atoms with Crippen LogP contribution in [0.4, 0.5) is 0 Å². The number of rotatable bonds is 5. The molecule has 0 radical (unpaired) electrons. The Balaban J connectivity index is 2.03. The lowest BCUT2D eigenvalue weighted by Gasteiger charge is -2.13. The zero-order valence-electron chi connectivity index (χ0n) is 10.4. The van der Waals surface area contributed by atoms with E-state index in [1.807, 2.05) is 31.2 Å². The molecule has 2 aromatic rings. The van der Waals surface area contributed by atoms with Crippen LogP contribution in [0.3, 0.4) is 0 Å². The second-order valence-electron chi connectivity index (χ2n) is 3.97. The normalized spacial score (nSPS) is 12.6. The fraction of sp³-hybridized carbons (Fsp3) is 0.308. The number of thioether (sulfide) groups is 1.